The number of sulfonamides is 1. The Morgan fingerprint density at radius 3 is 2.27 bits per heavy atom. The van der Waals surface area contributed by atoms with Crippen LogP contribution in [0.3, 0.4) is 0 Å². The van der Waals surface area contributed by atoms with E-state index in [1.165, 1.54) is 12.1 Å². The van der Waals surface area contributed by atoms with Crippen LogP contribution in [0, 0.1) is 11.3 Å². The van der Waals surface area contributed by atoms with Crippen molar-refractivity contribution in [3.8, 4) is 6.07 Å². The average molecular weight is 372 g/mol. The Morgan fingerprint density at radius 1 is 1.04 bits per heavy atom. The Labute approximate surface area is 152 Å². The lowest BCUT2D eigenvalue weighted by Gasteiger charge is -2.07. The molecule has 4 N–H and O–H groups in total. The number of carbonyl (C=O) groups is 1. The normalized spacial score (nSPS) is 10.9. The van der Waals surface area contributed by atoms with Crippen LogP contribution >= 0.6 is 0 Å². The predicted octanol–water partition coefficient (Wildman–Crippen LogP) is 1.37. The summed E-state index contributed by atoms with van der Waals surface area (Å²) in [5.41, 5.74) is 2.18. The van der Waals surface area contributed by atoms with Gasteiger partial charge in [-0.1, -0.05) is 12.1 Å². The maximum absolute atomic E-state index is 11.8. The van der Waals surface area contributed by atoms with Gasteiger partial charge in [-0.05, 0) is 54.9 Å². The molecule has 0 aliphatic heterocycles. The van der Waals surface area contributed by atoms with E-state index in [4.69, 9.17) is 10.4 Å². The number of amides is 1. The number of benzene rings is 2. The molecule has 2 aromatic rings. The molecule has 0 heterocycles. The van der Waals surface area contributed by atoms with Gasteiger partial charge < -0.3 is 10.6 Å². The van der Waals surface area contributed by atoms with Gasteiger partial charge in [-0.3, -0.25) is 4.79 Å². The number of hydrogen-bond acceptors (Lipinski definition) is 5. The van der Waals surface area contributed by atoms with Crippen LogP contribution in [0.25, 0.3) is 0 Å². The Hall–Kier alpha value is -2.73. The van der Waals surface area contributed by atoms with E-state index in [0.717, 1.165) is 5.56 Å². The maximum atomic E-state index is 11.8. The maximum Gasteiger partial charge on any atom is 0.238 e. The molecule has 0 fully saturated rings. The number of carbonyl (C=O) groups excluding carboxylic acids is 1. The second kappa shape index (κ2) is 9.10. The van der Waals surface area contributed by atoms with Crippen LogP contribution in [-0.4, -0.2) is 27.4 Å². The summed E-state index contributed by atoms with van der Waals surface area (Å²) in [7, 11) is -3.66. The first-order valence-electron chi connectivity index (χ1n) is 8.01. The number of nitrogens with one attached hydrogen (secondary N) is 2. The summed E-state index contributed by atoms with van der Waals surface area (Å²) in [6, 6.07) is 15.1. The minimum atomic E-state index is -3.66. The molecule has 0 bridgehead atoms. The molecule has 8 heteroatoms. The Balaban J connectivity index is 1.67. The van der Waals surface area contributed by atoms with Crippen molar-refractivity contribution in [1.29, 1.82) is 5.26 Å². The molecule has 0 atom stereocenters. The van der Waals surface area contributed by atoms with Crippen molar-refractivity contribution >= 4 is 21.6 Å². The first-order chi connectivity index (χ1) is 12.4. The molecule has 2 rings (SSSR count). The van der Waals surface area contributed by atoms with Gasteiger partial charge in [-0.2, -0.15) is 5.26 Å². The topological polar surface area (TPSA) is 125 Å². The number of nitrogens with two attached hydrogens (primary N) is 1. The lowest BCUT2D eigenvalue weighted by Crippen LogP contribution is -2.23. The zero-order valence-electron chi connectivity index (χ0n) is 14.1. The summed E-state index contributed by atoms with van der Waals surface area (Å²) in [6.45, 7) is 1.19. The number of nitrogens with zero attached hydrogens (tertiary/aromatic N) is 1. The van der Waals surface area contributed by atoms with E-state index in [9.17, 15) is 13.2 Å². The number of nitriles is 1. The highest BCUT2D eigenvalue weighted by atomic mass is 32.2. The predicted molar refractivity (Wildman–Crippen MR) is 98.8 cm³/mol. The molecule has 136 valence electrons. The van der Waals surface area contributed by atoms with Crippen LogP contribution in [0.5, 0.6) is 0 Å². The molecule has 0 radical (unpaired) electrons. The molecule has 2 aromatic carbocycles. The lowest BCUT2D eigenvalue weighted by molar-refractivity contribution is -0.116. The van der Waals surface area contributed by atoms with Crippen molar-refractivity contribution in [2.45, 2.75) is 17.7 Å². The number of anilines is 1. The third-order valence-corrected chi connectivity index (χ3v) is 4.60. The van der Waals surface area contributed by atoms with Crippen LogP contribution in [0.2, 0.25) is 0 Å². The van der Waals surface area contributed by atoms with Gasteiger partial charge in [0.15, 0.2) is 0 Å². The van der Waals surface area contributed by atoms with Crippen LogP contribution < -0.4 is 15.8 Å². The number of rotatable bonds is 8. The van der Waals surface area contributed by atoms with Crippen molar-refractivity contribution in [3.05, 3.63) is 59.7 Å². The minimum absolute atomic E-state index is 0.0914. The first kappa shape index (κ1) is 19.6. The van der Waals surface area contributed by atoms with Crippen molar-refractivity contribution in [3.63, 3.8) is 0 Å². The molecule has 0 spiro atoms. The van der Waals surface area contributed by atoms with Gasteiger partial charge in [0.25, 0.3) is 0 Å². The lowest BCUT2D eigenvalue weighted by atomic mass is 10.1. The van der Waals surface area contributed by atoms with Gasteiger partial charge in [-0.15, -0.1) is 0 Å². The van der Waals surface area contributed by atoms with Crippen LogP contribution in [0.1, 0.15) is 17.5 Å². The summed E-state index contributed by atoms with van der Waals surface area (Å²) in [5.74, 6) is -0.111. The van der Waals surface area contributed by atoms with E-state index in [2.05, 4.69) is 10.6 Å². The molecule has 0 aromatic heterocycles. The molecular formula is C18H20N4O3S. The van der Waals surface area contributed by atoms with E-state index in [-0.39, 0.29) is 10.8 Å². The Bertz CT molecular complexity index is 886. The minimum Gasteiger partial charge on any atom is -0.326 e. The molecule has 1 amide bonds. The van der Waals surface area contributed by atoms with Crippen molar-refractivity contribution in [2.24, 2.45) is 5.14 Å². The SMILES string of the molecule is N#Cc1ccc(NC(=O)CCNCCc2ccc(S(N)(=O)=O)cc2)cc1. The number of hydrogen-bond donors (Lipinski definition) is 3. The Kier molecular flexibility index (Phi) is 6.86. The first-order valence-corrected chi connectivity index (χ1v) is 9.55. The van der Waals surface area contributed by atoms with Crippen molar-refractivity contribution in [2.75, 3.05) is 18.4 Å². The van der Waals surface area contributed by atoms with Crippen LogP contribution in [-0.2, 0) is 21.2 Å². The largest absolute Gasteiger partial charge is 0.326 e. The van der Waals surface area contributed by atoms with Crippen molar-refractivity contribution < 1.29 is 13.2 Å². The van der Waals surface area contributed by atoms with Crippen LogP contribution in [0.15, 0.2) is 53.4 Å². The smallest absolute Gasteiger partial charge is 0.238 e. The molecule has 26 heavy (non-hydrogen) atoms. The number of primary sulfonamides is 1. The Morgan fingerprint density at radius 2 is 1.69 bits per heavy atom. The third-order valence-electron chi connectivity index (χ3n) is 3.67. The fourth-order valence-corrected chi connectivity index (χ4v) is 2.77. The summed E-state index contributed by atoms with van der Waals surface area (Å²) in [5, 5.41) is 19.7. The highest BCUT2D eigenvalue weighted by molar-refractivity contribution is 7.89. The quantitative estimate of drug-likeness (QED) is 0.604. The van der Waals surface area contributed by atoms with Gasteiger partial charge in [0.1, 0.15) is 0 Å². The monoisotopic (exact) mass is 372 g/mol. The zero-order valence-corrected chi connectivity index (χ0v) is 14.9. The molecule has 0 aliphatic rings. The second-order valence-electron chi connectivity index (χ2n) is 5.68. The van der Waals surface area contributed by atoms with Gasteiger partial charge in [-0.25, -0.2) is 13.6 Å². The van der Waals surface area contributed by atoms with Gasteiger partial charge in [0.05, 0.1) is 16.5 Å². The highest BCUT2D eigenvalue weighted by Crippen LogP contribution is 2.10. The van der Waals surface area contributed by atoms with Crippen LogP contribution in [0.4, 0.5) is 5.69 Å². The fourth-order valence-electron chi connectivity index (χ4n) is 2.26. The second-order valence-corrected chi connectivity index (χ2v) is 7.24. The molecule has 0 saturated carbocycles. The molecule has 0 aliphatic carbocycles. The summed E-state index contributed by atoms with van der Waals surface area (Å²) < 4.78 is 22.4. The molecular weight excluding hydrogens is 352 g/mol. The van der Waals surface area contributed by atoms with Gasteiger partial charge >= 0.3 is 0 Å². The molecule has 0 unspecified atom stereocenters. The fraction of sp³-hybridized carbons (Fsp3) is 0.222. The molecule has 0 saturated heterocycles. The van der Waals surface area contributed by atoms with Crippen molar-refractivity contribution in [1.82, 2.24) is 5.32 Å². The van der Waals surface area contributed by atoms with E-state index in [1.54, 1.807) is 36.4 Å². The van der Waals surface area contributed by atoms with E-state index in [0.29, 0.717) is 37.2 Å². The highest BCUT2D eigenvalue weighted by Gasteiger charge is 2.06. The third kappa shape index (κ3) is 6.29. The van der Waals surface area contributed by atoms with Gasteiger partial charge in [0, 0.05) is 18.7 Å². The standard InChI is InChI=1S/C18H20N4O3S/c19-13-15-1-5-16(6-2-15)22-18(23)10-12-21-11-9-14-3-7-17(8-4-14)26(20,24)25/h1-8,21H,9-12H2,(H,22,23)(H2,20,24,25). The van der Waals surface area contributed by atoms with E-state index < -0.39 is 10.0 Å². The van der Waals surface area contributed by atoms with E-state index >= 15 is 0 Å². The summed E-state index contributed by atoms with van der Waals surface area (Å²) in [6.07, 6.45) is 1.03. The van der Waals surface area contributed by atoms with Gasteiger partial charge in [0.2, 0.25) is 15.9 Å². The average Bonchev–Trinajstić information content (AvgIpc) is 2.62. The molecule has 7 nitrogen and oxygen atoms in total. The zero-order chi connectivity index (χ0) is 19.0. The van der Waals surface area contributed by atoms with E-state index in [1.807, 2.05) is 6.07 Å². The summed E-state index contributed by atoms with van der Waals surface area (Å²) >= 11 is 0. The summed E-state index contributed by atoms with van der Waals surface area (Å²) in [4.78, 5) is 11.9.